The number of rotatable bonds is 5. The Morgan fingerprint density at radius 3 is 2.48 bits per heavy atom. The molecule has 0 aromatic heterocycles. The molecule has 11 heteroatoms. The fraction of sp³-hybridized carbons (Fsp3) is 0.300. The lowest BCUT2D eigenvalue weighted by Crippen LogP contribution is -2.33. The molecule has 1 N–H and O–H groups in total. The molecule has 6 nitrogen and oxygen atoms in total. The molecule has 0 bridgehead atoms. The Labute approximate surface area is 123 Å². The second-order valence-electron chi connectivity index (χ2n) is 3.70. The molecule has 1 aromatic rings. The van der Waals surface area contributed by atoms with Gasteiger partial charge in [0.2, 0.25) is 5.91 Å². The Kier molecular flexibility index (Phi) is 5.10. The summed E-state index contributed by atoms with van der Waals surface area (Å²) in [4.78, 5) is 20.7. The molecule has 1 rings (SSSR count). The summed E-state index contributed by atoms with van der Waals surface area (Å²) in [7, 11) is 0. The van der Waals surface area contributed by atoms with Crippen LogP contribution in [0.5, 0.6) is 5.75 Å². The van der Waals surface area contributed by atoms with E-state index in [9.17, 15) is 32.5 Å². The largest absolute Gasteiger partial charge is 0.461 e. The van der Waals surface area contributed by atoms with Gasteiger partial charge in [-0.1, -0.05) is 0 Å². The van der Waals surface area contributed by atoms with Crippen LogP contribution in [0.4, 0.5) is 28.9 Å². The maximum absolute atomic E-state index is 12.8. The molecule has 1 aromatic carbocycles. The van der Waals surface area contributed by atoms with Gasteiger partial charge in [-0.3, -0.25) is 14.9 Å². The van der Waals surface area contributed by atoms with Crippen molar-refractivity contribution in [2.75, 3.05) is 5.32 Å². The Hall–Kier alpha value is -1.91. The maximum atomic E-state index is 12.8. The summed E-state index contributed by atoms with van der Waals surface area (Å²) >= 11 is 2.75. The molecule has 116 valence electrons. The van der Waals surface area contributed by atoms with Gasteiger partial charge in [-0.2, -0.15) is 17.6 Å². The number of anilines is 1. The SMILES string of the molecule is CC(=O)Nc1cc(Br)c(OC(F)(F)C(F)F)cc1[N+](=O)[O-]. The van der Waals surface area contributed by atoms with Crippen molar-refractivity contribution in [3.63, 3.8) is 0 Å². The standard InChI is InChI=1S/C10H7BrF4N2O4/c1-4(18)16-6-2-5(11)8(3-7(6)17(19)20)21-10(14,15)9(12)13/h2-3,9H,1H3,(H,16,18). The van der Waals surface area contributed by atoms with Crippen LogP contribution in [0.1, 0.15) is 6.92 Å². The van der Waals surface area contributed by atoms with Crippen molar-refractivity contribution in [2.24, 2.45) is 0 Å². The van der Waals surface area contributed by atoms with Crippen LogP contribution in [0.3, 0.4) is 0 Å². The molecule has 0 aliphatic carbocycles. The molecule has 0 unspecified atom stereocenters. The highest BCUT2D eigenvalue weighted by Crippen LogP contribution is 2.39. The number of hydrogen-bond acceptors (Lipinski definition) is 4. The smallest absolute Gasteiger partial charge is 0.427 e. The molecule has 0 fully saturated rings. The molecule has 0 aliphatic heterocycles. The van der Waals surface area contributed by atoms with E-state index in [0.29, 0.717) is 6.07 Å². The van der Waals surface area contributed by atoms with Crippen LogP contribution in [-0.4, -0.2) is 23.4 Å². The summed E-state index contributed by atoms with van der Waals surface area (Å²) in [5, 5.41) is 12.9. The predicted molar refractivity (Wildman–Crippen MR) is 66.7 cm³/mol. The minimum atomic E-state index is -4.81. The number of nitro groups is 1. The molecule has 21 heavy (non-hydrogen) atoms. The first-order chi connectivity index (χ1) is 9.54. The highest BCUT2D eigenvalue weighted by Gasteiger charge is 2.44. The van der Waals surface area contributed by atoms with E-state index in [0.717, 1.165) is 13.0 Å². The lowest BCUT2D eigenvalue weighted by atomic mass is 10.2. The van der Waals surface area contributed by atoms with E-state index in [1.807, 2.05) is 0 Å². The van der Waals surface area contributed by atoms with Crippen LogP contribution in [-0.2, 0) is 4.79 Å². The van der Waals surface area contributed by atoms with E-state index in [4.69, 9.17) is 0 Å². The number of ether oxygens (including phenoxy) is 1. The van der Waals surface area contributed by atoms with Crippen molar-refractivity contribution in [3.05, 3.63) is 26.7 Å². The lowest BCUT2D eigenvalue weighted by molar-refractivity contribution is -0.384. The summed E-state index contributed by atoms with van der Waals surface area (Å²) in [5.41, 5.74) is -1.08. The van der Waals surface area contributed by atoms with Crippen molar-refractivity contribution in [1.82, 2.24) is 0 Å². The van der Waals surface area contributed by atoms with Gasteiger partial charge in [0.15, 0.2) is 0 Å². The average Bonchev–Trinajstić information content (AvgIpc) is 2.30. The van der Waals surface area contributed by atoms with Gasteiger partial charge in [0, 0.05) is 6.92 Å². The minimum absolute atomic E-state index is 0.267. The minimum Gasteiger partial charge on any atom is -0.427 e. The number of hydrogen-bond donors (Lipinski definition) is 1. The third kappa shape index (κ3) is 4.28. The fourth-order valence-corrected chi connectivity index (χ4v) is 1.68. The monoisotopic (exact) mass is 374 g/mol. The number of nitro benzene ring substituents is 1. The first-order valence-electron chi connectivity index (χ1n) is 5.15. The van der Waals surface area contributed by atoms with Crippen LogP contribution in [0.25, 0.3) is 0 Å². The van der Waals surface area contributed by atoms with Gasteiger partial charge in [-0.25, -0.2) is 0 Å². The first-order valence-corrected chi connectivity index (χ1v) is 5.94. The number of amides is 1. The zero-order valence-corrected chi connectivity index (χ0v) is 11.8. The van der Waals surface area contributed by atoms with Crippen LogP contribution >= 0.6 is 15.9 Å². The number of benzene rings is 1. The van der Waals surface area contributed by atoms with Gasteiger partial charge in [-0.05, 0) is 22.0 Å². The van der Waals surface area contributed by atoms with Gasteiger partial charge < -0.3 is 10.1 Å². The highest BCUT2D eigenvalue weighted by atomic mass is 79.9. The molecule has 1 amide bonds. The summed E-state index contributed by atoms with van der Waals surface area (Å²) in [5.74, 6) is -1.50. The van der Waals surface area contributed by atoms with Crippen LogP contribution < -0.4 is 10.1 Å². The van der Waals surface area contributed by atoms with Crippen molar-refractivity contribution in [1.29, 1.82) is 0 Å². The topological polar surface area (TPSA) is 81.5 Å². The molecule has 0 spiro atoms. The highest BCUT2D eigenvalue weighted by molar-refractivity contribution is 9.10. The van der Waals surface area contributed by atoms with E-state index in [-0.39, 0.29) is 10.2 Å². The van der Waals surface area contributed by atoms with E-state index in [2.05, 4.69) is 26.0 Å². The van der Waals surface area contributed by atoms with Gasteiger partial charge in [0.25, 0.3) is 5.69 Å². The van der Waals surface area contributed by atoms with E-state index in [1.54, 1.807) is 0 Å². The Balaban J connectivity index is 3.27. The number of nitrogens with one attached hydrogen (secondary N) is 1. The molecule has 0 saturated heterocycles. The molecule has 0 radical (unpaired) electrons. The Morgan fingerprint density at radius 1 is 1.48 bits per heavy atom. The molecule has 0 heterocycles. The molecule has 0 atom stereocenters. The van der Waals surface area contributed by atoms with Gasteiger partial charge >= 0.3 is 12.5 Å². The maximum Gasteiger partial charge on any atom is 0.461 e. The van der Waals surface area contributed by atoms with Crippen molar-refractivity contribution in [2.45, 2.75) is 19.5 Å². The Morgan fingerprint density at radius 2 is 2.05 bits per heavy atom. The van der Waals surface area contributed by atoms with Crippen molar-refractivity contribution >= 4 is 33.2 Å². The number of halogens is 5. The normalized spacial score (nSPS) is 11.4. The summed E-state index contributed by atoms with van der Waals surface area (Å²) in [6.07, 6.45) is -8.93. The molecule has 0 saturated carbocycles. The third-order valence-electron chi connectivity index (χ3n) is 2.06. The molecule has 0 aliphatic rings. The summed E-state index contributed by atoms with van der Waals surface area (Å²) < 4.78 is 53.3. The van der Waals surface area contributed by atoms with Gasteiger partial charge in [0.05, 0.1) is 15.5 Å². The van der Waals surface area contributed by atoms with E-state index < -0.39 is 34.8 Å². The molecular formula is C10H7BrF4N2O4. The third-order valence-corrected chi connectivity index (χ3v) is 2.68. The van der Waals surface area contributed by atoms with Crippen LogP contribution in [0.2, 0.25) is 0 Å². The molecular weight excluding hydrogens is 368 g/mol. The average molecular weight is 375 g/mol. The zero-order valence-electron chi connectivity index (χ0n) is 10.2. The van der Waals surface area contributed by atoms with Crippen molar-refractivity contribution < 1.29 is 32.0 Å². The van der Waals surface area contributed by atoms with Crippen LogP contribution in [0, 0.1) is 10.1 Å². The zero-order chi connectivity index (χ0) is 16.4. The second kappa shape index (κ2) is 6.24. The predicted octanol–water partition coefficient (Wildman–Crippen LogP) is 3.55. The summed E-state index contributed by atoms with van der Waals surface area (Å²) in [6.45, 7) is 1.08. The van der Waals surface area contributed by atoms with Crippen LogP contribution in [0.15, 0.2) is 16.6 Å². The summed E-state index contributed by atoms with van der Waals surface area (Å²) in [6, 6.07) is 1.40. The number of carbonyl (C=O) groups is 1. The van der Waals surface area contributed by atoms with Gasteiger partial charge in [-0.15, -0.1) is 0 Å². The van der Waals surface area contributed by atoms with Crippen molar-refractivity contribution in [3.8, 4) is 5.75 Å². The number of alkyl halides is 4. The van der Waals surface area contributed by atoms with E-state index in [1.165, 1.54) is 0 Å². The lowest BCUT2D eigenvalue weighted by Gasteiger charge is -2.18. The fourth-order valence-electron chi connectivity index (χ4n) is 1.25. The second-order valence-corrected chi connectivity index (χ2v) is 4.56. The first kappa shape index (κ1) is 17.1. The quantitative estimate of drug-likeness (QED) is 0.485. The number of carbonyl (C=O) groups excluding carboxylic acids is 1. The number of nitrogens with zero attached hydrogens (tertiary/aromatic N) is 1. The van der Waals surface area contributed by atoms with E-state index >= 15 is 0 Å². The van der Waals surface area contributed by atoms with Gasteiger partial charge in [0.1, 0.15) is 11.4 Å². The Bertz CT molecular complexity index is 582.